The van der Waals surface area contributed by atoms with E-state index in [1.165, 1.54) is 19.3 Å². The Hall–Kier alpha value is -0.970. The summed E-state index contributed by atoms with van der Waals surface area (Å²) in [5, 5.41) is 27.3. The summed E-state index contributed by atoms with van der Waals surface area (Å²) in [6.45, 7) is 19.4. The van der Waals surface area contributed by atoms with Gasteiger partial charge in [0.15, 0.2) is 6.29 Å². The van der Waals surface area contributed by atoms with E-state index in [2.05, 4.69) is 49.5 Å². The summed E-state index contributed by atoms with van der Waals surface area (Å²) in [7, 11) is 0. The number of azide groups is 1. The Bertz CT molecular complexity index is 1300. The van der Waals surface area contributed by atoms with Crippen LogP contribution in [0.15, 0.2) is 5.11 Å². The molecule has 0 aromatic heterocycles. The third-order valence-corrected chi connectivity index (χ3v) is 15.6. The topological polar surface area (TPSA) is 129 Å². The lowest BCUT2D eigenvalue weighted by atomic mass is 9.41. The number of nitrogens with zero attached hydrogens (tertiary/aromatic N) is 4. The fraction of sp³-hybridized carbons (Fsp3) is 0.919. The van der Waals surface area contributed by atoms with Crippen molar-refractivity contribution >= 4 is 0 Å². The molecule has 0 bridgehead atoms. The number of rotatable bonds is 6. The molecule has 5 aliphatic carbocycles. The van der Waals surface area contributed by atoms with Crippen molar-refractivity contribution in [3.05, 3.63) is 28.6 Å². The molecule has 11 atom stereocenters. The molecule has 5 saturated carbocycles. The zero-order valence-corrected chi connectivity index (χ0v) is 29.6. The van der Waals surface area contributed by atoms with E-state index in [4.69, 9.17) is 18.9 Å². The van der Waals surface area contributed by atoms with Crippen LogP contribution in [0.3, 0.4) is 0 Å². The zero-order valence-electron chi connectivity index (χ0n) is 29.6. The standard InChI is InChI=1S/C37H57N4O6/c1-21-16-23(30(39-40-38)33(4,5)43)46-29-28(21)34(6)12-13-37-20-36(37)11-10-26(47-27-17-41(14-15-45-27)22-18-44-19-22)32(2,3)24(36)8-9-25(37)35(34,7)31(29)42/h21-22,24,26-28,30-31,42-43H,8-20H2,1-7H3/t21-,24+,26?,27+,28+,30+,31+,34-,35-,36-,37+/m1/s1. The molecule has 3 heterocycles. The maximum atomic E-state index is 12.5. The lowest BCUT2D eigenvalue weighted by Crippen LogP contribution is -2.60. The summed E-state index contributed by atoms with van der Waals surface area (Å²) in [6.07, 6.45) is 9.07. The highest BCUT2D eigenvalue weighted by Crippen LogP contribution is 2.90. The quantitative estimate of drug-likeness (QED) is 0.205. The van der Waals surface area contributed by atoms with Gasteiger partial charge in [0.1, 0.15) is 12.2 Å². The Kier molecular flexibility index (Phi) is 7.61. The second-order valence-electron chi connectivity index (χ2n) is 18.4. The SMILES string of the molecule is C[C@@H]1C[C]([C@H](N=[N+]=[N-])C(C)(C)O)O[C]2[C@H]1[C@@]1(C)CC[C@@]34C[C@@]35CCC(O[C@H]3CN(C6COC6)CCO3)C(C)(C)[C@@H]5CC[C]4[C@]1(C)[C@H]2O. The minimum Gasteiger partial charge on any atom is -0.390 e. The summed E-state index contributed by atoms with van der Waals surface area (Å²) < 4.78 is 25.2. The van der Waals surface area contributed by atoms with Crippen molar-refractivity contribution < 1.29 is 29.2 Å². The van der Waals surface area contributed by atoms with Gasteiger partial charge < -0.3 is 29.2 Å². The molecule has 10 nitrogen and oxygen atoms in total. The predicted octanol–water partition coefficient (Wildman–Crippen LogP) is 5.98. The van der Waals surface area contributed by atoms with Gasteiger partial charge in [-0.25, -0.2) is 0 Å². The van der Waals surface area contributed by atoms with Crippen molar-refractivity contribution in [3.63, 3.8) is 0 Å². The molecule has 10 heteroatoms. The molecule has 2 spiro atoms. The van der Waals surface area contributed by atoms with Crippen molar-refractivity contribution in [2.75, 3.05) is 32.9 Å². The highest BCUT2D eigenvalue weighted by molar-refractivity contribution is 5.45. The van der Waals surface area contributed by atoms with Crippen LogP contribution in [0.5, 0.6) is 0 Å². The van der Waals surface area contributed by atoms with Crippen LogP contribution in [0.25, 0.3) is 10.4 Å². The summed E-state index contributed by atoms with van der Waals surface area (Å²) in [6, 6.07) is -0.307. The Labute approximate surface area is 281 Å². The fourth-order valence-corrected chi connectivity index (χ4v) is 13.2. The van der Waals surface area contributed by atoms with Crippen LogP contribution in [-0.4, -0.2) is 84.2 Å². The van der Waals surface area contributed by atoms with E-state index in [0.29, 0.717) is 31.1 Å². The Balaban J connectivity index is 1.03. The predicted molar refractivity (Wildman–Crippen MR) is 175 cm³/mol. The zero-order chi connectivity index (χ0) is 33.4. The molecule has 8 rings (SSSR count). The second kappa shape index (κ2) is 10.8. The smallest absolute Gasteiger partial charge is 0.170 e. The highest BCUT2D eigenvalue weighted by Gasteiger charge is 2.85. The van der Waals surface area contributed by atoms with Gasteiger partial charge in [0.05, 0.1) is 56.3 Å². The fourth-order valence-electron chi connectivity index (χ4n) is 13.2. The molecule has 3 radical (unpaired) electrons. The molecular formula is C37H57N4O6. The molecule has 0 aromatic rings. The minimum absolute atomic E-state index is 0.0338. The summed E-state index contributed by atoms with van der Waals surface area (Å²) in [5.74, 6) is 2.48. The van der Waals surface area contributed by atoms with E-state index < -0.39 is 23.2 Å². The van der Waals surface area contributed by atoms with Gasteiger partial charge in [0, 0.05) is 22.8 Å². The van der Waals surface area contributed by atoms with Crippen LogP contribution < -0.4 is 0 Å². The first-order valence-electron chi connectivity index (χ1n) is 18.4. The van der Waals surface area contributed by atoms with E-state index in [1.54, 1.807) is 19.8 Å². The summed E-state index contributed by atoms with van der Waals surface area (Å²) in [4.78, 5) is 5.53. The average Bonchev–Trinajstić information content (AvgIpc) is 3.61. The lowest BCUT2D eigenvalue weighted by Gasteiger charge is -2.63. The largest absolute Gasteiger partial charge is 0.390 e. The normalized spacial score (nSPS) is 49.4. The Morgan fingerprint density at radius 2 is 1.89 bits per heavy atom. The van der Waals surface area contributed by atoms with Gasteiger partial charge in [-0.15, -0.1) is 0 Å². The Morgan fingerprint density at radius 1 is 1.13 bits per heavy atom. The van der Waals surface area contributed by atoms with Gasteiger partial charge in [-0.1, -0.05) is 39.7 Å². The number of ether oxygens (including phenoxy) is 4. The molecule has 3 aliphatic heterocycles. The lowest BCUT2D eigenvalue weighted by molar-refractivity contribution is -0.252. The first-order valence-corrected chi connectivity index (χ1v) is 18.4. The van der Waals surface area contributed by atoms with Crippen LogP contribution in [-0.2, 0) is 18.9 Å². The molecule has 8 aliphatic rings. The van der Waals surface area contributed by atoms with Gasteiger partial charge in [0.2, 0.25) is 0 Å². The first-order chi connectivity index (χ1) is 22.1. The third-order valence-electron chi connectivity index (χ3n) is 15.6. The van der Waals surface area contributed by atoms with Crippen molar-refractivity contribution in [2.45, 2.75) is 136 Å². The molecule has 1 unspecified atom stereocenters. The van der Waals surface area contributed by atoms with Gasteiger partial charge in [-0.2, -0.15) is 0 Å². The van der Waals surface area contributed by atoms with Crippen LogP contribution in [0, 0.1) is 63.0 Å². The Morgan fingerprint density at radius 3 is 2.57 bits per heavy atom. The maximum absolute atomic E-state index is 12.5. The van der Waals surface area contributed by atoms with Crippen molar-refractivity contribution in [3.8, 4) is 0 Å². The van der Waals surface area contributed by atoms with E-state index in [0.717, 1.165) is 58.1 Å². The highest BCUT2D eigenvalue weighted by atomic mass is 16.7. The number of morpholine rings is 1. The van der Waals surface area contributed by atoms with E-state index in [1.807, 2.05) is 0 Å². The number of hydrogen-bond donors (Lipinski definition) is 2. The minimum atomic E-state index is -1.26. The maximum Gasteiger partial charge on any atom is 0.170 e. The number of hydrogen-bond acceptors (Lipinski definition) is 8. The number of fused-ring (bicyclic) bond motifs is 4. The molecule has 2 N–H and O–H groups in total. The summed E-state index contributed by atoms with van der Waals surface area (Å²) in [5.41, 5.74) is 8.00. The second-order valence-corrected chi connectivity index (χ2v) is 18.4. The molecule has 47 heavy (non-hydrogen) atoms. The van der Waals surface area contributed by atoms with Crippen molar-refractivity contribution in [1.82, 2.24) is 4.90 Å². The number of aliphatic hydroxyl groups is 2. The molecule has 0 amide bonds. The van der Waals surface area contributed by atoms with Crippen LogP contribution in [0.2, 0.25) is 0 Å². The average molecular weight is 654 g/mol. The molecule has 261 valence electrons. The summed E-state index contributed by atoms with van der Waals surface area (Å²) >= 11 is 0. The first kappa shape index (κ1) is 33.2. The van der Waals surface area contributed by atoms with Crippen molar-refractivity contribution in [2.24, 2.45) is 49.9 Å². The van der Waals surface area contributed by atoms with E-state index in [-0.39, 0.29) is 45.9 Å². The monoisotopic (exact) mass is 653 g/mol. The molecule has 3 saturated heterocycles. The number of aliphatic hydroxyl groups excluding tert-OH is 1. The van der Waals surface area contributed by atoms with Gasteiger partial charge in [0.25, 0.3) is 0 Å². The van der Waals surface area contributed by atoms with Crippen LogP contribution >= 0.6 is 0 Å². The van der Waals surface area contributed by atoms with Gasteiger partial charge >= 0.3 is 0 Å². The van der Waals surface area contributed by atoms with Crippen LogP contribution in [0.4, 0.5) is 0 Å². The van der Waals surface area contributed by atoms with Crippen LogP contribution in [0.1, 0.15) is 99.8 Å². The third kappa shape index (κ3) is 4.38. The molecular weight excluding hydrogens is 596 g/mol. The molecule has 0 aromatic carbocycles. The van der Waals surface area contributed by atoms with E-state index >= 15 is 0 Å². The van der Waals surface area contributed by atoms with E-state index in [9.17, 15) is 15.7 Å². The van der Waals surface area contributed by atoms with Gasteiger partial charge in [-0.05, 0) is 110 Å². The van der Waals surface area contributed by atoms with Gasteiger partial charge in [-0.3, -0.25) is 4.90 Å². The molecule has 8 fully saturated rings. The van der Waals surface area contributed by atoms with Crippen molar-refractivity contribution in [1.29, 1.82) is 0 Å².